The number of hydrogen-bond acceptors (Lipinski definition) is 4. The van der Waals surface area contributed by atoms with Crippen LogP contribution in [0.2, 0.25) is 0 Å². The van der Waals surface area contributed by atoms with Gasteiger partial charge in [0.15, 0.2) is 0 Å². The van der Waals surface area contributed by atoms with Crippen molar-refractivity contribution in [2.75, 3.05) is 12.4 Å². The molecule has 98 valence electrons. The van der Waals surface area contributed by atoms with Crippen LogP contribution in [-0.4, -0.2) is 24.1 Å². The molecule has 1 heterocycles. The van der Waals surface area contributed by atoms with Crippen LogP contribution in [0.5, 0.6) is 0 Å². The summed E-state index contributed by atoms with van der Waals surface area (Å²) in [5.41, 5.74) is 0. The molecule has 1 fully saturated rings. The molecule has 0 unspecified atom stereocenters. The first-order valence-electron chi connectivity index (χ1n) is 6.15. The van der Waals surface area contributed by atoms with Gasteiger partial charge in [-0.25, -0.2) is 9.37 Å². The molecule has 4 nitrogen and oxygen atoms in total. The fourth-order valence-corrected chi connectivity index (χ4v) is 2.31. The number of methoxy groups -OCH3 is 1. The summed E-state index contributed by atoms with van der Waals surface area (Å²) in [6.07, 6.45) is 4.65. The smallest absolute Gasteiger partial charge is 0.308 e. The van der Waals surface area contributed by atoms with Crippen molar-refractivity contribution in [3.63, 3.8) is 0 Å². The van der Waals surface area contributed by atoms with Gasteiger partial charge < -0.3 is 10.1 Å². The Morgan fingerprint density at radius 2 is 2.11 bits per heavy atom. The molecule has 1 N–H and O–H groups in total. The second kappa shape index (κ2) is 5.80. The molecular formula is C13H17FN2O2. The van der Waals surface area contributed by atoms with E-state index >= 15 is 0 Å². The van der Waals surface area contributed by atoms with E-state index in [-0.39, 0.29) is 17.7 Å². The van der Waals surface area contributed by atoms with Crippen molar-refractivity contribution in [3.8, 4) is 0 Å². The van der Waals surface area contributed by atoms with Crippen LogP contribution in [0.15, 0.2) is 18.3 Å². The van der Waals surface area contributed by atoms with Gasteiger partial charge in [0.1, 0.15) is 11.6 Å². The number of esters is 1. The van der Waals surface area contributed by atoms with Gasteiger partial charge in [0.2, 0.25) is 0 Å². The van der Waals surface area contributed by atoms with Crippen LogP contribution in [0.1, 0.15) is 25.7 Å². The van der Waals surface area contributed by atoms with Crippen molar-refractivity contribution < 1.29 is 13.9 Å². The molecule has 1 aliphatic carbocycles. The predicted molar refractivity (Wildman–Crippen MR) is 65.6 cm³/mol. The number of pyridine rings is 1. The highest BCUT2D eigenvalue weighted by atomic mass is 19.1. The fraction of sp³-hybridized carbons (Fsp3) is 0.538. The molecule has 18 heavy (non-hydrogen) atoms. The third-order valence-electron chi connectivity index (χ3n) is 3.34. The van der Waals surface area contributed by atoms with Crippen LogP contribution in [0.4, 0.5) is 10.2 Å². The summed E-state index contributed by atoms with van der Waals surface area (Å²) in [5, 5.41) is 3.26. The van der Waals surface area contributed by atoms with Crippen molar-refractivity contribution in [1.82, 2.24) is 4.98 Å². The topological polar surface area (TPSA) is 51.2 Å². The van der Waals surface area contributed by atoms with Crippen molar-refractivity contribution in [2.24, 2.45) is 5.92 Å². The molecule has 5 heteroatoms. The first-order valence-corrected chi connectivity index (χ1v) is 6.15. The number of carbonyl (C=O) groups is 1. The molecule has 0 amide bonds. The lowest BCUT2D eigenvalue weighted by Crippen LogP contribution is -2.30. The Hall–Kier alpha value is -1.65. The van der Waals surface area contributed by atoms with E-state index in [0.29, 0.717) is 11.9 Å². The molecule has 0 radical (unpaired) electrons. The number of nitrogens with one attached hydrogen (secondary N) is 1. The lowest BCUT2D eigenvalue weighted by atomic mass is 9.86. The van der Waals surface area contributed by atoms with Gasteiger partial charge in [-0.15, -0.1) is 0 Å². The summed E-state index contributed by atoms with van der Waals surface area (Å²) in [6.45, 7) is 0. The first-order chi connectivity index (χ1) is 8.69. The second-order valence-corrected chi connectivity index (χ2v) is 4.58. The summed E-state index contributed by atoms with van der Waals surface area (Å²) in [4.78, 5) is 15.3. The molecule has 0 atom stereocenters. The maximum atomic E-state index is 12.7. The SMILES string of the molecule is COC(=O)C1CCC(Nc2ccc(F)cn2)CC1. The van der Waals surface area contributed by atoms with Crippen molar-refractivity contribution in [2.45, 2.75) is 31.7 Å². The Kier molecular flexibility index (Phi) is 4.12. The van der Waals surface area contributed by atoms with Gasteiger partial charge in [0.25, 0.3) is 0 Å². The Balaban J connectivity index is 1.83. The first kappa shape index (κ1) is 12.8. The maximum absolute atomic E-state index is 12.7. The fourth-order valence-electron chi connectivity index (χ4n) is 2.31. The average Bonchev–Trinajstić information content (AvgIpc) is 2.41. The van der Waals surface area contributed by atoms with E-state index in [4.69, 9.17) is 4.74 Å². The minimum absolute atomic E-state index is 0.0224. The van der Waals surface area contributed by atoms with Crippen LogP contribution in [0.25, 0.3) is 0 Å². The zero-order valence-electron chi connectivity index (χ0n) is 10.4. The van der Waals surface area contributed by atoms with Gasteiger partial charge in [0.05, 0.1) is 19.2 Å². The minimum Gasteiger partial charge on any atom is -0.469 e. The van der Waals surface area contributed by atoms with Crippen molar-refractivity contribution in [3.05, 3.63) is 24.1 Å². The van der Waals surface area contributed by atoms with Crippen molar-refractivity contribution in [1.29, 1.82) is 0 Å². The quantitative estimate of drug-likeness (QED) is 0.839. The molecule has 0 aromatic carbocycles. The average molecular weight is 252 g/mol. The Morgan fingerprint density at radius 3 is 2.67 bits per heavy atom. The summed E-state index contributed by atoms with van der Waals surface area (Å²) in [6, 6.07) is 3.31. The number of ether oxygens (including phenoxy) is 1. The number of aromatic nitrogens is 1. The van der Waals surface area contributed by atoms with Gasteiger partial charge in [-0.05, 0) is 37.8 Å². The number of carbonyl (C=O) groups excluding carboxylic acids is 1. The summed E-state index contributed by atoms with van der Waals surface area (Å²) in [7, 11) is 1.43. The van der Waals surface area contributed by atoms with Gasteiger partial charge in [-0.2, -0.15) is 0 Å². The van der Waals surface area contributed by atoms with E-state index in [1.807, 2.05) is 0 Å². The number of halogens is 1. The molecular weight excluding hydrogens is 235 g/mol. The largest absolute Gasteiger partial charge is 0.469 e. The third kappa shape index (κ3) is 3.18. The van der Waals surface area contributed by atoms with Gasteiger partial charge >= 0.3 is 5.97 Å². The predicted octanol–water partition coefficient (Wildman–Crippen LogP) is 2.36. The highest BCUT2D eigenvalue weighted by Gasteiger charge is 2.26. The molecule has 0 spiro atoms. The molecule has 0 saturated heterocycles. The lowest BCUT2D eigenvalue weighted by molar-refractivity contribution is -0.146. The van der Waals surface area contributed by atoms with Crippen molar-refractivity contribution >= 4 is 11.8 Å². The number of anilines is 1. The Bertz CT molecular complexity index is 400. The third-order valence-corrected chi connectivity index (χ3v) is 3.34. The Morgan fingerprint density at radius 1 is 1.39 bits per heavy atom. The zero-order chi connectivity index (χ0) is 13.0. The van der Waals surface area contributed by atoms with E-state index < -0.39 is 0 Å². The highest BCUT2D eigenvalue weighted by molar-refractivity contribution is 5.72. The van der Waals surface area contributed by atoms with Gasteiger partial charge in [0, 0.05) is 6.04 Å². The molecule has 1 aromatic heterocycles. The second-order valence-electron chi connectivity index (χ2n) is 4.58. The lowest BCUT2D eigenvalue weighted by Gasteiger charge is -2.27. The van der Waals surface area contributed by atoms with Crippen LogP contribution in [0.3, 0.4) is 0 Å². The number of nitrogens with zero attached hydrogens (tertiary/aromatic N) is 1. The van der Waals surface area contributed by atoms with Gasteiger partial charge in [-0.3, -0.25) is 4.79 Å². The number of rotatable bonds is 3. The standard InChI is InChI=1S/C13H17FN2O2/c1-18-13(17)9-2-5-11(6-3-9)16-12-7-4-10(14)8-15-12/h4,7-9,11H,2-3,5-6H2,1H3,(H,15,16). The van der Waals surface area contributed by atoms with Crippen LogP contribution < -0.4 is 5.32 Å². The molecule has 1 aliphatic rings. The molecule has 1 aromatic rings. The maximum Gasteiger partial charge on any atom is 0.308 e. The van der Waals surface area contributed by atoms with E-state index in [0.717, 1.165) is 25.7 Å². The molecule has 2 rings (SSSR count). The van der Waals surface area contributed by atoms with Gasteiger partial charge in [-0.1, -0.05) is 0 Å². The van der Waals surface area contributed by atoms with E-state index in [9.17, 15) is 9.18 Å². The molecule has 1 saturated carbocycles. The highest BCUT2D eigenvalue weighted by Crippen LogP contribution is 2.26. The van der Waals surface area contributed by atoms with E-state index in [2.05, 4.69) is 10.3 Å². The normalized spacial score (nSPS) is 23.4. The summed E-state index contributed by atoms with van der Waals surface area (Å²) in [5.74, 6) is 0.246. The summed E-state index contributed by atoms with van der Waals surface area (Å²) >= 11 is 0. The number of hydrogen-bond donors (Lipinski definition) is 1. The summed E-state index contributed by atoms with van der Waals surface area (Å²) < 4.78 is 17.4. The Labute approximate surface area is 106 Å². The monoisotopic (exact) mass is 252 g/mol. The van der Waals surface area contributed by atoms with E-state index in [1.54, 1.807) is 6.07 Å². The minimum atomic E-state index is -0.338. The van der Waals surface area contributed by atoms with Crippen LogP contribution in [0, 0.1) is 11.7 Å². The molecule has 0 aliphatic heterocycles. The molecule has 0 bridgehead atoms. The van der Waals surface area contributed by atoms with Crippen LogP contribution in [-0.2, 0) is 9.53 Å². The van der Waals surface area contributed by atoms with Crippen LogP contribution >= 0.6 is 0 Å². The van der Waals surface area contributed by atoms with E-state index in [1.165, 1.54) is 19.4 Å². The zero-order valence-corrected chi connectivity index (χ0v) is 10.4.